The van der Waals surface area contributed by atoms with E-state index in [0.717, 1.165) is 44.5 Å². The van der Waals surface area contributed by atoms with E-state index in [1.165, 1.54) is 0 Å². The van der Waals surface area contributed by atoms with Crippen molar-refractivity contribution >= 4 is 51.6 Å². The lowest BCUT2D eigenvalue weighted by atomic mass is 9.79. The fraction of sp³-hybridized carbons (Fsp3) is 0. The van der Waals surface area contributed by atoms with Crippen LogP contribution >= 0.6 is 0 Å². The van der Waals surface area contributed by atoms with Crippen molar-refractivity contribution in [1.82, 2.24) is 0 Å². The Morgan fingerprint density at radius 3 is 1.66 bits per heavy atom. The minimum Gasteiger partial charge on any atom is -0.456 e. The van der Waals surface area contributed by atoms with Gasteiger partial charge in [-0.05, 0) is 42.0 Å². The first-order valence-corrected chi connectivity index (χ1v) is 11.5. The Balaban J connectivity index is 1.46. The molecule has 6 aromatic rings. The van der Waals surface area contributed by atoms with Gasteiger partial charge in [0, 0.05) is 38.9 Å². The fourth-order valence-electron chi connectivity index (χ4n) is 4.66. The number of furan rings is 1. The molecule has 0 saturated heterocycles. The Kier molecular flexibility index (Phi) is 5.34. The van der Waals surface area contributed by atoms with Gasteiger partial charge in [-0.1, -0.05) is 84.9 Å². The van der Waals surface area contributed by atoms with Crippen molar-refractivity contribution in [3.05, 3.63) is 121 Å². The third-order valence-corrected chi connectivity index (χ3v) is 6.30. The van der Waals surface area contributed by atoms with E-state index in [4.69, 9.17) is 4.42 Å². The highest BCUT2D eigenvalue weighted by Gasteiger charge is 2.20. The van der Waals surface area contributed by atoms with Gasteiger partial charge in [0.25, 0.3) is 0 Å². The highest BCUT2D eigenvalue weighted by molar-refractivity contribution is 6.61. The normalized spacial score (nSPS) is 11.1. The zero-order valence-corrected chi connectivity index (χ0v) is 18.9. The number of fused-ring (bicyclic) bond motifs is 3. The molecule has 0 aliphatic rings. The third-order valence-electron chi connectivity index (χ3n) is 6.30. The zero-order chi connectivity index (χ0) is 23.8. The van der Waals surface area contributed by atoms with Crippen LogP contribution in [0.3, 0.4) is 0 Å². The first-order chi connectivity index (χ1) is 17.2. The lowest BCUT2D eigenvalue weighted by Crippen LogP contribution is -2.29. The van der Waals surface area contributed by atoms with Gasteiger partial charge >= 0.3 is 7.12 Å². The number of hydrogen-bond acceptors (Lipinski definition) is 4. The summed E-state index contributed by atoms with van der Waals surface area (Å²) in [7, 11) is -1.59. The Bertz CT molecular complexity index is 1570. The second-order valence-corrected chi connectivity index (χ2v) is 8.44. The number of anilines is 3. The van der Waals surface area contributed by atoms with Crippen LogP contribution in [0.25, 0.3) is 33.1 Å². The fourth-order valence-corrected chi connectivity index (χ4v) is 4.66. The number of benzene rings is 5. The predicted molar refractivity (Wildman–Crippen MR) is 144 cm³/mol. The smallest absolute Gasteiger partial charge is 0.456 e. The summed E-state index contributed by atoms with van der Waals surface area (Å²) in [5, 5.41) is 21.4. The van der Waals surface area contributed by atoms with Crippen molar-refractivity contribution in [2.75, 3.05) is 4.90 Å². The number of hydrogen-bond donors (Lipinski definition) is 2. The maximum absolute atomic E-state index is 9.79. The molecule has 0 aliphatic heterocycles. The number of para-hydroxylation sites is 4. The SMILES string of the molecule is OB(O)c1cccc2c1oc1c(-c3ccc(N(c4ccccc4)c4ccccc4)cc3)cccc12. The highest BCUT2D eigenvalue weighted by Crippen LogP contribution is 2.38. The molecule has 0 aliphatic carbocycles. The van der Waals surface area contributed by atoms with Crippen LogP contribution < -0.4 is 10.4 Å². The summed E-state index contributed by atoms with van der Waals surface area (Å²) in [6, 6.07) is 40.5. The summed E-state index contributed by atoms with van der Waals surface area (Å²) < 4.78 is 6.22. The van der Waals surface area contributed by atoms with Gasteiger partial charge in [-0.15, -0.1) is 0 Å². The first-order valence-electron chi connectivity index (χ1n) is 11.5. The summed E-state index contributed by atoms with van der Waals surface area (Å²) >= 11 is 0. The summed E-state index contributed by atoms with van der Waals surface area (Å²) in [5.41, 5.74) is 6.78. The standard InChI is InChI=1S/C30H22BNO3/c33-31(34)28-16-8-15-27-26-14-7-13-25(29(26)35-30(27)28)21-17-19-24(20-18-21)32(22-9-3-1-4-10-22)23-11-5-2-6-12-23/h1-20,33-34H. The van der Waals surface area contributed by atoms with Crippen LogP contribution in [0.15, 0.2) is 126 Å². The van der Waals surface area contributed by atoms with E-state index in [1.54, 1.807) is 6.07 Å². The molecule has 0 spiro atoms. The van der Waals surface area contributed by atoms with E-state index >= 15 is 0 Å². The molecule has 1 heterocycles. The lowest BCUT2D eigenvalue weighted by molar-refractivity contribution is 0.425. The van der Waals surface area contributed by atoms with Crippen molar-refractivity contribution in [2.45, 2.75) is 0 Å². The molecule has 0 saturated carbocycles. The van der Waals surface area contributed by atoms with Crippen molar-refractivity contribution < 1.29 is 14.5 Å². The minimum absolute atomic E-state index is 0.362. The molecule has 6 rings (SSSR count). The van der Waals surface area contributed by atoms with Crippen LogP contribution in [0, 0.1) is 0 Å². The average Bonchev–Trinajstić information content (AvgIpc) is 3.29. The van der Waals surface area contributed by atoms with Crippen LogP contribution in [-0.2, 0) is 0 Å². The van der Waals surface area contributed by atoms with E-state index in [0.29, 0.717) is 11.0 Å². The largest absolute Gasteiger partial charge is 0.492 e. The topological polar surface area (TPSA) is 56.8 Å². The summed E-state index contributed by atoms with van der Waals surface area (Å²) in [4.78, 5) is 2.22. The summed E-state index contributed by atoms with van der Waals surface area (Å²) in [6.45, 7) is 0. The number of rotatable bonds is 5. The molecular formula is C30H22BNO3. The van der Waals surface area contributed by atoms with E-state index < -0.39 is 7.12 Å². The van der Waals surface area contributed by atoms with Crippen LogP contribution in [0.2, 0.25) is 0 Å². The van der Waals surface area contributed by atoms with Gasteiger partial charge in [-0.25, -0.2) is 0 Å². The summed E-state index contributed by atoms with van der Waals surface area (Å²) in [5.74, 6) is 0. The molecule has 0 amide bonds. The van der Waals surface area contributed by atoms with Crippen LogP contribution in [0.4, 0.5) is 17.1 Å². The molecule has 5 heteroatoms. The maximum atomic E-state index is 9.79. The molecular weight excluding hydrogens is 433 g/mol. The van der Waals surface area contributed by atoms with Gasteiger partial charge in [0.05, 0.1) is 0 Å². The van der Waals surface area contributed by atoms with Crippen molar-refractivity contribution in [3.8, 4) is 11.1 Å². The van der Waals surface area contributed by atoms with Crippen LogP contribution in [0.5, 0.6) is 0 Å². The molecule has 0 unspecified atom stereocenters. The van der Waals surface area contributed by atoms with E-state index in [1.807, 2.05) is 66.7 Å². The molecule has 0 bridgehead atoms. The Labute approximate surface area is 203 Å². The molecule has 1 aromatic heterocycles. The van der Waals surface area contributed by atoms with Gasteiger partial charge in [-0.3, -0.25) is 0 Å². The quantitative estimate of drug-likeness (QED) is 0.295. The van der Waals surface area contributed by atoms with Crippen molar-refractivity contribution in [1.29, 1.82) is 0 Å². The van der Waals surface area contributed by atoms with Crippen molar-refractivity contribution in [3.63, 3.8) is 0 Å². The summed E-state index contributed by atoms with van der Waals surface area (Å²) in [6.07, 6.45) is 0. The second kappa shape index (κ2) is 8.80. The predicted octanol–water partition coefficient (Wildman–Crippen LogP) is 6.40. The molecule has 4 nitrogen and oxygen atoms in total. The Hall–Kier alpha value is -4.32. The van der Waals surface area contributed by atoms with E-state index in [2.05, 4.69) is 53.4 Å². The monoisotopic (exact) mass is 455 g/mol. The van der Waals surface area contributed by atoms with Crippen molar-refractivity contribution in [2.24, 2.45) is 0 Å². The third kappa shape index (κ3) is 3.77. The molecule has 2 N–H and O–H groups in total. The highest BCUT2D eigenvalue weighted by atomic mass is 16.4. The molecule has 0 fully saturated rings. The van der Waals surface area contributed by atoms with Gasteiger partial charge in [0.1, 0.15) is 11.2 Å². The van der Waals surface area contributed by atoms with Crippen LogP contribution in [-0.4, -0.2) is 17.2 Å². The molecule has 0 radical (unpaired) electrons. The maximum Gasteiger partial charge on any atom is 0.492 e. The van der Waals surface area contributed by atoms with Gasteiger partial charge in [-0.2, -0.15) is 0 Å². The molecule has 0 atom stereocenters. The molecule has 168 valence electrons. The number of nitrogens with zero attached hydrogens (tertiary/aromatic N) is 1. The zero-order valence-electron chi connectivity index (χ0n) is 18.9. The Morgan fingerprint density at radius 2 is 1.06 bits per heavy atom. The minimum atomic E-state index is -1.59. The first kappa shape index (κ1) is 21.2. The van der Waals surface area contributed by atoms with E-state index in [-0.39, 0.29) is 0 Å². The molecule has 5 aromatic carbocycles. The molecule has 35 heavy (non-hydrogen) atoms. The van der Waals surface area contributed by atoms with Crippen LogP contribution in [0.1, 0.15) is 0 Å². The van der Waals surface area contributed by atoms with Gasteiger partial charge < -0.3 is 19.4 Å². The van der Waals surface area contributed by atoms with Gasteiger partial charge in [0.2, 0.25) is 0 Å². The average molecular weight is 455 g/mol. The van der Waals surface area contributed by atoms with Gasteiger partial charge in [0.15, 0.2) is 0 Å². The lowest BCUT2D eigenvalue weighted by Gasteiger charge is -2.25. The Morgan fingerprint density at radius 1 is 0.514 bits per heavy atom. The van der Waals surface area contributed by atoms with E-state index in [9.17, 15) is 10.0 Å². The second-order valence-electron chi connectivity index (χ2n) is 8.44.